The number of benzene rings is 1. The van der Waals surface area contributed by atoms with Crippen LogP contribution in [0.1, 0.15) is 33.6 Å². The fourth-order valence-corrected chi connectivity index (χ4v) is 3.13. The highest BCUT2D eigenvalue weighted by Crippen LogP contribution is 2.23. The van der Waals surface area contributed by atoms with Crippen molar-refractivity contribution in [3.63, 3.8) is 0 Å². The zero-order valence-corrected chi connectivity index (χ0v) is 13.9. The van der Waals surface area contributed by atoms with Crippen molar-refractivity contribution in [3.8, 4) is 5.75 Å². The first-order chi connectivity index (χ1) is 10.2. The second kappa shape index (κ2) is 8.29. The third-order valence-corrected chi connectivity index (χ3v) is 4.18. The van der Waals surface area contributed by atoms with Crippen molar-refractivity contribution in [2.24, 2.45) is 0 Å². The first-order valence-corrected chi connectivity index (χ1v) is 8.70. The summed E-state index contributed by atoms with van der Waals surface area (Å²) in [6.07, 6.45) is 2.33. The van der Waals surface area contributed by atoms with Crippen LogP contribution in [-0.4, -0.2) is 34.9 Å². The maximum Gasteiger partial charge on any atom is 0.166 e. The Morgan fingerprint density at radius 2 is 2.24 bits per heavy atom. The molecule has 1 aromatic heterocycles. The average molecular weight is 307 g/mol. The molecule has 2 rings (SSSR count). The number of aromatic nitrogens is 2. The van der Waals surface area contributed by atoms with Gasteiger partial charge in [-0.15, -0.1) is 0 Å². The Hall–Kier alpha value is -1.20. The zero-order valence-electron chi connectivity index (χ0n) is 13.1. The van der Waals surface area contributed by atoms with E-state index in [1.54, 1.807) is 11.8 Å². The van der Waals surface area contributed by atoms with Crippen LogP contribution in [0.15, 0.2) is 23.4 Å². The number of aromatic amines is 1. The number of hydrogen-bond acceptors (Lipinski definition) is 4. The molecular formula is C16H25N3OS. The van der Waals surface area contributed by atoms with Crippen LogP contribution in [0.4, 0.5) is 0 Å². The van der Waals surface area contributed by atoms with E-state index in [0.29, 0.717) is 12.6 Å². The fraction of sp³-hybridized carbons (Fsp3) is 0.562. The molecule has 1 atom stereocenters. The second-order valence-electron chi connectivity index (χ2n) is 5.15. The van der Waals surface area contributed by atoms with Crippen LogP contribution in [0.5, 0.6) is 5.75 Å². The predicted molar refractivity (Wildman–Crippen MR) is 90.4 cm³/mol. The van der Waals surface area contributed by atoms with Gasteiger partial charge in [-0.05, 0) is 45.4 Å². The summed E-state index contributed by atoms with van der Waals surface area (Å²) in [6.45, 7) is 8.20. The van der Waals surface area contributed by atoms with Crippen molar-refractivity contribution < 1.29 is 4.74 Å². The molecule has 1 heterocycles. The minimum Gasteiger partial charge on any atom is -0.494 e. The first-order valence-electron chi connectivity index (χ1n) is 7.71. The largest absolute Gasteiger partial charge is 0.494 e. The van der Waals surface area contributed by atoms with Crippen molar-refractivity contribution in [1.29, 1.82) is 0 Å². The number of nitrogens with zero attached hydrogens (tertiary/aromatic N) is 1. The highest BCUT2D eigenvalue weighted by atomic mass is 32.2. The molecule has 4 nitrogen and oxygen atoms in total. The summed E-state index contributed by atoms with van der Waals surface area (Å²) in [5.41, 5.74) is 2.04. The molecule has 0 amide bonds. The smallest absolute Gasteiger partial charge is 0.166 e. The number of fused-ring (bicyclic) bond motifs is 1. The summed E-state index contributed by atoms with van der Waals surface area (Å²) < 4.78 is 5.51. The van der Waals surface area contributed by atoms with Gasteiger partial charge in [0.25, 0.3) is 0 Å². The minimum absolute atomic E-state index is 0.561. The maximum atomic E-state index is 5.51. The molecule has 0 saturated carbocycles. The third-order valence-electron chi connectivity index (χ3n) is 3.28. The Labute approximate surface area is 131 Å². The quantitative estimate of drug-likeness (QED) is 0.691. The van der Waals surface area contributed by atoms with E-state index in [1.165, 1.54) is 6.42 Å². The molecule has 1 unspecified atom stereocenters. The van der Waals surface area contributed by atoms with Crippen molar-refractivity contribution >= 4 is 22.8 Å². The van der Waals surface area contributed by atoms with Crippen LogP contribution < -0.4 is 10.1 Å². The normalized spacial score (nSPS) is 12.7. The number of thioether (sulfide) groups is 1. The van der Waals surface area contributed by atoms with E-state index in [9.17, 15) is 0 Å². The summed E-state index contributed by atoms with van der Waals surface area (Å²) in [6, 6.07) is 6.55. The number of ether oxygens (including phenoxy) is 1. The monoisotopic (exact) mass is 307 g/mol. The molecule has 5 heteroatoms. The molecule has 0 fully saturated rings. The van der Waals surface area contributed by atoms with Crippen LogP contribution in [0.25, 0.3) is 11.0 Å². The third kappa shape index (κ3) is 4.93. The van der Waals surface area contributed by atoms with Crippen LogP contribution in [0.3, 0.4) is 0 Å². The molecule has 21 heavy (non-hydrogen) atoms. The molecule has 0 aliphatic carbocycles. The number of hydrogen-bond donors (Lipinski definition) is 2. The lowest BCUT2D eigenvalue weighted by Gasteiger charge is -2.11. The highest BCUT2D eigenvalue weighted by molar-refractivity contribution is 7.99. The second-order valence-corrected chi connectivity index (χ2v) is 6.23. The SMILES string of the molecule is CCCNC(C)CCSc1nc2ccc(OCC)cc2[nH]1. The van der Waals surface area contributed by atoms with Crippen LogP contribution >= 0.6 is 11.8 Å². The standard InChI is InChI=1S/C16H25N3OS/c1-4-9-17-12(3)8-10-21-16-18-14-7-6-13(20-5-2)11-15(14)19-16/h6-7,11-12,17H,4-5,8-10H2,1-3H3,(H,18,19). The Morgan fingerprint density at radius 1 is 1.38 bits per heavy atom. The number of nitrogens with one attached hydrogen (secondary N) is 2. The molecule has 0 radical (unpaired) electrons. The maximum absolute atomic E-state index is 5.51. The van der Waals surface area contributed by atoms with Crippen molar-refractivity contribution in [2.45, 2.75) is 44.8 Å². The molecule has 0 spiro atoms. The van der Waals surface area contributed by atoms with E-state index in [-0.39, 0.29) is 0 Å². The van der Waals surface area contributed by atoms with Gasteiger partial charge in [0.05, 0.1) is 17.6 Å². The first kappa shape index (κ1) is 16.2. The van der Waals surface area contributed by atoms with E-state index in [1.807, 2.05) is 25.1 Å². The average Bonchev–Trinajstić information content (AvgIpc) is 2.87. The van der Waals surface area contributed by atoms with Gasteiger partial charge >= 0.3 is 0 Å². The van der Waals surface area contributed by atoms with Gasteiger partial charge in [-0.25, -0.2) is 4.98 Å². The number of imidazole rings is 1. The van der Waals surface area contributed by atoms with Gasteiger partial charge in [0.1, 0.15) is 5.75 Å². The highest BCUT2D eigenvalue weighted by Gasteiger charge is 2.06. The Morgan fingerprint density at radius 3 is 3.00 bits per heavy atom. The molecule has 0 saturated heterocycles. The molecule has 0 aliphatic rings. The minimum atomic E-state index is 0.561. The Bertz CT molecular complexity index is 555. The van der Waals surface area contributed by atoms with Crippen LogP contribution in [0.2, 0.25) is 0 Å². The van der Waals surface area contributed by atoms with Crippen molar-refractivity contribution in [1.82, 2.24) is 15.3 Å². The van der Waals surface area contributed by atoms with Gasteiger partial charge in [-0.1, -0.05) is 18.7 Å². The van der Waals surface area contributed by atoms with Crippen LogP contribution in [0, 0.1) is 0 Å². The van der Waals surface area contributed by atoms with Crippen molar-refractivity contribution in [3.05, 3.63) is 18.2 Å². The predicted octanol–water partition coefficient (Wildman–Crippen LogP) is 3.83. The van der Waals surface area contributed by atoms with E-state index in [2.05, 4.69) is 29.1 Å². The zero-order chi connectivity index (χ0) is 15.1. The van der Waals surface area contributed by atoms with E-state index in [0.717, 1.165) is 40.7 Å². The molecule has 2 aromatic rings. The van der Waals surface area contributed by atoms with E-state index >= 15 is 0 Å². The molecule has 0 bridgehead atoms. The molecule has 0 aliphatic heterocycles. The van der Waals surface area contributed by atoms with Gasteiger partial charge in [-0.3, -0.25) is 0 Å². The lowest BCUT2D eigenvalue weighted by molar-refractivity contribution is 0.340. The van der Waals surface area contributed by atoms with Crippen molar-refractivity contribution in [2.75, 3.05) is 18.9 Å². The van der Waals surface area contributed by atoms with Gasteiger partial charge < -0.3 is 15.0 Å². The van der Waals surface area contributed by atoms with Crippen LogP contribution in [-0.2, 0) is 0 Å². The summed E-state index contributed by atoms with van der Waals surface area (Å²) in [5.74, 6) is 1.96. The lowest BCUT2D eigenvalue weighted by Crippen LogP contribution is -2.27. The topological polar surface area (TPSA) is 49.9 Å². The van der Waals surface area contributed by atoms with E-state index in [4.69, 9.17) is 4.74 Å². The van der Waals surface area contributed by atoms with Gasteiger partial charge in [0.2, 0.25) is 0 Å². The molecule has 2 N–H and O–H groups in total. The summed E-state index contributed by atoms with van der Waals surface area (Å²) in [4.78, 5) is 7.97. The summed E-state index contributed by atoms with van der Waals surface area (Å²) in [7, 11) is 0. The Kier molecular flexibility index (Phi) is 6.39. The number of H-pyrrole nitrogens is 1. The van der Waals surface area contributed by atoms with Gasteiger partial charge in [-0.2, -0.15) is 0 Å². The van der Waals surface area contributed by atoms with Gasteiger partial charge in [0, 0.05) is 17.9 Å². The molecular weight excluding hydrogens is 282 g/mol. The molecule has 116 valence electrons. The van der Waals surface area contributed by atoms with Gasteiger partial charge in [0.15, 0.2) is 5.16 Å². The lowest BCUT2D eigenvalue weighted by atomic mass is 10.2. The Balaban J connectivity index is 1.87. The summed E-state index contributed by atoms with van der Waals surface area (Å²) >= 11 is 1.78. The fourth-order valence-electron chi connectivity index (χ4n) is 2.12. The molecule has 1 aromatic carbocycles. The number of rotatable bonds is 9. The van der Waals surface area contributed by atoms with E-state index < -0.39 is 0 Å². The summed E-state index contributed by atoms with van der Waals surface area (Å²) in [5, 5.41) is 4.49.